The van der Waals surface area contributed by atoms with Gasteiger partial charge in [0.2, 0.25) is 5.91 Å². The average molecular weight is 861 g/mol. The monoisotopic (exact) mass is 859 g/mol. The summed E-state index contributed by atoms with van der Waals surface area (Å²) in [5, 5.41) is 22.9. The third-order valence-corrected chi connectivity index (χ3v) is 11.2. The number of ether oxygens (including phenoxy) is 3. The number of halogens is 2. The minimum atomic E-state index is -1.29. The van der Waals surface area contributed by atoms with Crippen molar-refractivity contribution < 1.29 is 38.5 Å². The zero-order chi connectivity index (χ0) is 43.4. The Balaban J connectivity index is 1.06. The first kappa shape index (κ1) is 42.8. The van der Waals surface area contributed by atoms with Crippen molar-refractivity contribution >= 4 is 47.0 Å². The van der Waals surface area contributed by atoms with Crippen molar-refractivity contribution in [2.45, 2.75) is 71.4 Å². The van der Waals surface area contributed by atoms with Crippen molar-refractivity contribution in [3.63, 3.8) is 0 Å². The number of hydrogen-bond acceptors (Lipinski definition) is 8. The zero-order valence-electron chi connectivity index (χ0n) is 33.7. The predicted octanol–water partition coefficient (Wildman–Crippen LogP) is 9.08. The molecule has 13 heteroatoms. The highest BCUT2D eigenvalue weighted by Gasteiger charge is 2.39. The van der Waals surface area contributed by atoms with E-state index in [1.54, 1.807) is 66.7 Å². The van der Waals surface area contributed by atoms with E-state index in [1.807, 2.05) is 57.2 Å². The number of aliphatic carboxylic acids is 1. The van der Waals surface area contributed by atoms with Crippen molar-refractivity contribution in [1.29, 1.82) is 5.26 Å². The molecule has 2 aliphatic rings. The normalized spacial score (nSPS) is 16.3. The summed E-state index contributed by atoms with van der Waals surface area (Å²) in [6.45, 7) is 6.12. The third kappa shape index (κ3) is 10.3. The summed E-state index contributed by atoms with van der Waals surface area (Å²) in [6, 6.07) is 30.1. The molecule has 2 amide bonds. The SMILES string of the molecule is CC(C)(C)COC(=O)N1Cc2cc3c(cc2C[C@H]1C(=O)N[C@@H](Cc1ccc(-c2ccc(C#N)cc2)cc1)C(=O)O)CC(=O)C(c1ccc(OCc2ccc(Cl)c(Cl)c2)cc1)O3. The quantitative estimate of drug-likeness (QED) is 0.132. The fraction of sp³-hybridized carbons (Fsp3) is 0.271. The summed E-state index contributed by atoms with van der Waals surface area (Å²) >= 11 is 12.2. The molecule has 2 aliphatic heterocycles. The van der Waals surface area contributed by atoms with Crippen LogP contribution in [0.15, 0.2) is 103 Å². The maximum Gasteiger partial charge on any atom is 0.410 e. The van der Waals surface area contributed by atoms with Gasteiger partial charge in [0.1, 0.15) is 30.2 Å². The molecule has 0 fully saturated rings. The van der Waals surface area contributed by atoms with Crippen molar-refractivity contribution in [1.82, 2.24) is 10.2 Å². The van der Waals surface area contributed by atoms with Crippen LogP contribution in [-0.4, -0.2) is 52.4 Å². The molecule has 312 valence electrons. The highest BCUT2D eigenvalue weighted by Crippen LogP contribution is 2.38. The number of nitrogens with one attached hydrogen (secondary N) is 1. The summed E-state index contributed by atoms with van der Waals surface area (Å²) < 4.78 is 17.9. The van der Waals surface area contributed by atoms with Gasteiger partial charge in [0.15, 0.2) is 11.9 Å². The highest BCUT2D eigenvalue weighted by molar-refractivity contribution is 6.42. The van der Waals surface area contributed by atoms with Crippen molar-refractivity contribution in [2.75, 3.05) is 6.61 Å². The summed E-state index contributed by atoms with van der Waals surface area (Å²) in [4.78, 5) is 55.2. The molecular weight excluding hydrogens is 817 g/mol. The van der Waals surface area contributed by atoms with Crippen LogP contribution in [-0.2, 0) is 51.5 Å². The lowest BCUT2D eigenvalue weighted by molar-refractivity contribution is -0.142. The van der Waals surface area contributed by atoms with Crippen molar-refractivity contribution in [2.24, 2.45) is 5.41 Å². The van der Waals surface area contributed by atoms with Gasteiger partial charge in [-0.1, -0.05) is 105 Å². The number of rotatable bonds is 11. The van der Waals surface area contributed by atoms with E-state index in [4.69, 9.17) is 42.7 Å². The fourth-order valence-corrected chi connectivity index (χ4v) is 7.56. The molecule has 1 unspecified atom stereocenters. The van der Waals surface area contributed by atoms with Crippen molar-refractivity contribution in [3.8, 4) is 28.7 Å². The second kappa shape index (κ2) is 18.1. The number of nitrogens with zero attached hydrogens (tertiary/aromatic N) is 2. The Kier molecular flexibility index (Phi) is 12.7. The molecule has 0 saturated carbocycles. The Morgan fingerprint density at radius 3 is 2.20 bits per heavy atom. The largest absolute Gasteiger partial charge is 0.489 e. The second-order valence-electron chi connectivity index (χ2n) is 16.4. The van der Waals surface area contributed by atoms with Crippen LogP contribution >= 0.6 is 23.2 Å². The van der Waals surface area contributed by atoms with Gasteiger partial charge in [-0.25, -0.2) is 9.59 Å². The Morgan fingerprint density at radius 2 is 1.56 bits per heavy atom. The summed E-state index contributed by atoms with van der Waals surface area (Å²) in [6.07, 6.45) is -1.44. The van der Waals surface area contributed by atoms with E-state index in [-0.39, 0.29) is 50.2 Å². The van der Waals surface area contributed by atoms with Crippen LogP contribution in [0.5, 0.6) is 11.5 Å². The third-order valence-electron chi connectivity index (χ3n) is 10.5. The smallest absolute Gasteiger partial charge is 0.410 e. The Hall–Kier alpha value is -6.35. The maximum absolute atomic E-state index is 14.1. The lowest BCUT2D eigenvalue weighted by Gasteiger charge is -2.37. The number of ketones is 1. The number of Topliss-reactive ketones (excluding diaryl/α,β-unsaturated/α-hetero) is 1. The minimum absolute atomic E-state index is 0.00485. The van der Waals surface area contributed by atoms with Gasteiger partial charge < -0.3 is 24.6 Å². The first-order valence-corrected chi connectivity index (χ1v) is 20.5. The molecule has 11 nitrogen and oxygen atoms in total. The first-order valence-electron chi connectivity index (χ1n) is 19.7. The van der Waals surface area contributed by atoms with E-state index in [2.05, 4.69) is 11.4 Å². The summed E-state index contributed by atoms with van der Waals surface area (Å²) in [7, 11) is 0. The Morgan fingerprint density at radius 1 is 0.885 bits per heavy atom. The minimum Gasteiger partial charge on any atom is -0.489 e. The number of carboxylic acid groups (broad SMARTS) is 1. The molecular formula is C48H43Cl2N3O8. The van der Waals surface area contributed by atoms with E-state index < -0.39 is 36.2 Å². The lowest BCUT2D eigenvalue weighted by Crippen LogP contribution is -2.56. The number of carboxylic acids is 1. The van der Waals surface area contributed by atoms with E-state index >= 15 is 0 Å². The van der Waals surface area contributed by atoms with E-state index in [9.17, 15) is 24.3 Å². The number of fused-ring (bicyclic) bond motifs is 2. The van der Waals surface area contributed by atoms with Gasteiger partial charge in [-0.05, 0) is 81.3 Å². The van der Waals surface area contributed by atoms with Crippen molar-refractivity contribution in [3.05, 3.63) is 152 Å². The number of benzene rings is 5. The molecule has 0 aliphatic carbocycles. The Labute approximate surface area is 363 Å². The van der Waals surface area contributed by atoms with Gasteiger partial charge in [-0.2, -0.15) is 5.26 Å². The van der Waals surface area contributed by atoms with Gasteiger partial charge >= 0.3 is 12.1 Å². The molecule has 0 spiro atoms. The highest BCUT2D eigenvalue weighted by atomic mass is 35.5. The zero-order valence-corrected chi connectivity index (χ0v) is 35.3. The topological polar surface area (TPSA) is 155 Å². The number of hydrogen-bond donors (Lipinski definition) is 2. The van der Waals surface area contributed by atoms with E-state index in [0.29, 0.717) is 49.4 Å². The maximum atomic E-state index is 14.1. The first-order chi connectivity index (χ1) is 29.1. The fourth-order valence-electron chi connectivity index (χ4n) is 7.24. The van der Waals surface area contributed by atoms with Crippen LogP contribution in [0.3, 0.4) is 0 Å². The molecule has 5 aromatic rings. The van der Waals surface area contributed by atoms with Gasteiger partial charge in [0.25, 0.3) is 0 Å². The van der Waals surface area contributed by atoms with Gasteiger partial charge in [0.05, 0.1) is 34.8 Å². The average Bonchev–Trinajstić information content (AvgIpc) is 3.24. The van der Waals surface area contributed by atoms with Gasteiger partial charge in [-0.3, -0.25) is 14.5 Å². The number of carbonyl (C=O) groups excluding carboxylic acids is 3. The standard InChI is InChI=1S/C48H43Cl2N3O8/c1-48(2,3)27-60-47(58)53-25-36-23-43-35(22-42(54)44(61-43)33-13-15-37(16-14-33)59-26-30-8-17-38(49)39(50)18-30)20-34(36)21-41(53)45(55)52-40(46(56)57)19-28-4-9-31(10-5-28)32-11-6-29(24-51)7-12-32/h4-18,20,23,40-41,44H,19,21-22,25-27H2,1-3H3,(H,52,55)(H,56,57)/t40-,41-,44?/m0/s1. The van der Waals surface area contributed by atoms with Crippen LogP contribution in [0, 0.1) is 16.7 Å². The van der Waals surface area contributed by atoms with Crippen LogP contribution in [0.2, 0.25) is 10.0 Å². The van der Waals surface area contributed by atoms with Gasteiger partial charge in [-0.15, -0.1) is 0 Å². The molecule has 0 bridgehead atoms. The number of amides is 2. The van der Waals surface area contributed by atoms with E-state index in [1.165, 1.54) is 4.90 Å². The van der Waals surface area contributed by atoms with Gasteiger partial charge in [0, 0.05) is 30.4 Å². The predicted molar refractivity (Wildman–Crippen MR) is 229 cm³/mol. The van der Waals surface area contributed by atoms with Crippen LogP contribution in [0.25, 0.3) is 11.1 Å². The molecule has 0 aromatic heterocycles. The lowest BCUT2D eigenvalue weighted by atomic mass is 9.88. The molecule has 0 saturated heterocycles. The second-order valence-corrected chi connectivity index (χ2v) is 17.2. The molecule has 0 radical (unpaired) electrons. The van der Waals surface area contributed by atoms with Crippen LogP contribution in [0.4, 0.5) is 4.79 Å². The molecule has 2 heterocycles. The number of carbonyl (C=O) groups is 4. The Bertz CT molecular complexity index is 2510. The van der Waals surface area contributed by atoms with Crippen LogP contribution in [0.1, 0.15) is 65.8 Å². The summed E-state index contributed by atoms with van der Waals surface area (Å²) in [5.41, 5.74) is 6.26. The molecule has 3 atom stereocenters. The molecule has 61 heavy (non-hydrogen) atoms. The molecule has 7 rings (SSSR count). The summed E-state index contributed by atoms with van der Waals surface area (Å²) in [5.74, 6) is -0.940. The molecule has 2 N–H and O–H groups in total. The number of nitriles is 1. The molecule has 5 aromatic carbocycles. The van der Waals surface area contributed by atoms with E-state index in [0.717, 1.165) is 22.3 Å². The van der Waals surface area contributed by atoms with Crippen LogP contribution < -0.4 is 14.8 Å².